The van der Waals surface area contributed by atoms with Crippen LogP contribution in [0, 0.1) is 0 Å². The van der Waals surface area contributed by atoms with Gasteiger partial charge in [0.25, 0.3) is 0 Å². The van der Waals surface area contributed by atoms with E-state index in [4.69, 9.17) is 9.84 Å². The lowest BCUT2D eigenvalue weighted by Crippen LogP contribution is -2.49. The number of rotatable bonds is 4. The molecule has 4 nitrogen and oxygen atoms in total. The summed E-state index contributed by atoms with van der Waals surface area (Å²) in [7, 11) is 0. The van der Waals surface area contributed by atoms with E-state index in [1.165, 1.54) is 51.6 Å². The molecule has 1 aromatic carbocycles. The Morgan fingerprint density at radius 1 is 1.00 bits per heavy atom. The van der Waals surface area contributed by atoms with Gasteiger partial charge in [-0.2, -0.15) is 0 Å². The van der Waals surface area contributed by atoms with Gasteiger partial charge in [-0.15, -0.1) is 0 Å². The molecule has 1 aliphatic carbocycles. The van der Waals surface area contributed by atoms with Gasteiger partial charge in [0, 0.05) is 6.04 Å². The molecule has 1 aliphatic heterocycles. The Morgan fingerprint density at radius 2 is 1.68 bits per heavy atom. The van der Waals surface area contributed by atoms with Gasteiger partial charge >= 0.3 is 5.97 Å². The minimum absolute atomic E-state index is 0.238. The van der Waals surface area contributed by atoms with Gasteiger partial charge in [-0.05, 0) is 69.5 Å². The first kappa shape index (κ1) is 15.3. The number of hydrogen-bond acceptors (Lipinski definition) is 3. The normalized spacial score (nSPS) is 26.5. The lowest BCUT2D eigenvalue weighted by atomic mass is 9.90. The van der Waals surface area contributed by atoms with Crippen molar-refractivity contribution in [3.63, 3.8) is 0 Å². The number of likely N-dealkylation sites (tertiary alicyclic amines) is 1. The van der Waals surface area contributed by atoms with Crippen LogP contribution in [0.15, 0.2) is 24.3 Å². The van der Waals surface area contributed by atoms with Crippen LogP contribution < -0.4 is 4.74 Å². The molecule has 2 fully saturated rings. The molecule has 1 saturated carbocycles. The highest BCUT2D eigenvalue weighted by atomic mass is 16.5. The number of nitrogens with zero attached hydrogens (tertiary/aromatic N) is 1. The van der Waals surface area contributed by atoms with Crippen molar-refractivity contribution in [3.8, 4) is 5.75 Å². The number of aromatic carboxylic acids is 1. The number of benzene rings is 1. The molecule has 0 amide bonds. The molecule has 0 radical (unpaired) electrons. The summed E-state index contributed by atoms with van der Waals surface area (Å²) in [6.45, 7) is 2.39. The van der Waals surface area contributed by atoms with E-state index < -0.39 is 5.97 Å². The zero-order valence-corrected chi connectivity index (χ0v) is 13.0. The Bertz CT molecular complexity index is 494. The van der Waals surface area contributed by atoms with E-state index in [9.17, 15) is 4.79 Å². The van der Waals surface area contributed by atoms with Gasteiger partial charge in [0.05, 0.1) is 5.56 Å². The Balaban J connectivity index is 1.66. The maximum atomic E-state index is 10.9. The van der Waals surface area contributed by atoms with Crippen LogP contribution in [-0.2, 0) is 0 Å². The van der Waals surface area contributed by atoms with Crippen LogP contribution in [-0.4, -0.2) is 41.2 Å². The number of piperidine rings is 1. The molecule has 2 aliphatic rings. The minimum atomic E-state index is -0.893. The number of ether oxygens (including phenoxy) is 1. The van der Waals surface area contributed by atoms with Gasteiger partial charge in [0.2, 0.25) is 0 Å². The average molecular weight is 303 g/mol. The van der Waals surface area contributed by atoms with E-state index in [-0.39, 0.29) is 6.10 Å². The molecule has 1 saturated heterocycles. The smallest absolute Gasteiger partial charge is 0.335 e. The first-order chi connectivity index (χ1) is 10.7. The molecule has 0 spiro atoms. The van der Waals surface area contributed by atoms with Crippen molar-refractivity contribution in [1.82, 2.24) is 4.90 Å². The lowest BCUT2D eigenvalue weighted by molar-refractivity contribution is 0.0261. The number of carbonyl (C=O) groups is 1. The van der Waals surface area contributed by atoms with Crippen LogP contribution in [0.4, 0.5) is 0 Å². The molecular weight excluding hydrogens is 278 g/mol. The van der Waals surface area contributed by atoms with Crippen LogP contribution >= 0.6 is 0 Å². The van der Waals surface area contributed by atoms with Gasteiger partial charge in [-0.3, -0.25) is 4.90 Å². The summed E-state index contributed by atoms with van der Waals surface area (Å²) in [6, 6.07) is 7.33. The van der Waals surface area contributed by atoms with Crippen molar-refractivity contribution in [1.29, 1.82) is 0 Å². The molecule has 1 aromatic rings. The van der Waals surface area contributed by atoms with Crippen LogP contribution in [0.25, 0.3) is 0 Å². The van der Waals surface area contributed by atoms with E-state index in [0.717, 1.165) is 12.2 Å². The fourth-order valence-electron chi connectivity index (χ4n) is 3.73. The van der Waals surface area contributed by atoms with Gasteiger partial charge in [0.1, 0.15) is 11.9 Å². The Morgan fingerprint density at radius 3 is 2.36 bits per heavy atom. The summed E-state index contributed by atoms with van der Waals surface area (Å²) in [4.78, 5) is 13.5. The molecule has 1 heterocycles. The third kappa shape index (κ3) is 3.61. The summed E-state index contributed by atoms with van der Waals surface area (Å²) in [5.41, 5.74) is 0.309. The first-order valence-corrected chi connectivity index (χ1v) is 8.48. The minimum Gasteiger partial charge on any atom is -0.489 e. The Kier molecular flexibility index (Phi) is 4.98. The summed E-state index contributed by atoms with van der Waals surface area (Å²) in [5, 5.41) is 8.96. The SMILES string of the molecule is O=C(O)c1ccc(O[C@H]2CCCC[C@@H]2N2CCCCC2)cc1. The molecule has 1 N–H and O–H groups in total. The second kappa shape index (κ2) is 7.14. The van der Waals surface area contributed by atoms with Gasteiger partial charge in [0.15, 0.2) is 0 Å². The highest BCUT2D eigenvalue weighted by Crippen LogP contribution is 2.29. The molecule has 120 valence electrons. The summed E-state index contributed by atoms with van der Waals surface area (Å²) >= 11 is 0. The van der Waals surface area contributed by atoms with E-state index in [0.29, 0.717) is 11.6 Å². The zero-order chi connectivity index (χ0) is 15.4. The van der Waals surface area contributed by atoms with Crippen LogP contribution in [0.3, 0.4) is 0 Å². The lowest BCUT2D eigenvalue weighted by Gasteiger charge is -2.41. The standard InChI is InChI=1S/C18H25NO3/c20-18(21)14-8-10-15(11-9-14)22-17-7-3-2-6-16(17)19-12-4-1-5-13-19/h8-11,16-17H,1-7,12-13H2,(H,20,21)/t16-,17-/m0/s1. The number of hydrogen-bond donors (Lipinski definition) is 1. The van der Waals surface area contributed by atoms with Crippen LogP contribution in [0.2, 0.25) is 0 Å². The molecule has 0 bridgehead atoms. The molecule has 2 atom stereocenters. The van der Waals surface area contributed by atoms with Crippen molar-refractivity contribution in [3.05, 3.63) is 29.8 Å². The van der Waals surface area contributed by atoms with Gasteiger partial charge in [-0.1, -0.05) is 12.8 Å². The van der Waals surface area contributed by atoms with Crippen molar-refractivity contribution in [2.75, 3.05) is 13.1 Å². The van der Waals surface area contributed by atoms with Crippen molar-refractivity contribution in [2.45, 2.75) is 57.1 Å². The molecular formula is C18H25NO3. The molecule has 0 unspecified atom stereocenters. The fraction of sp³-hybridized carbons (Fsp3) is 0.611. The molecule has 4 heteroatoms. The van der Waals surface area contributed by atoms with Crippen LogP contribution in [0.1, 0.15) is 55.3 Å². The Hall–Kier alpha value is -1.55. The topological polar surface area (TPSA) is 49.8 Å². The number of carboxylic acids is 1. The van der Waals surface area contributed by atoms with Gasteiger partial charge < -0.3 is 9.84 Å². The summed E-state index contributed by atoms with van der Waals surface area (Å²) in [6.07, 6.45) is 9.03. The molecule has 3 rings (SSSR count). The summed E-state index contributed by atoms with van der Waals surface area (Å²) < 4.78 is 6.22. The van der Waals surface area contributed by atoms with Crippen molar-refractivity contribution >= 4 is 5.97 Å². The first-order valence-electron chi connectivity index (χ1n) is 8.48. The van der Waals surface area contributed by atoms with Crippen molar-refractivity contribution in [2.24, 2.45) is 0 Å². The van der Waals surface area contributed by atoms with Gasteiger partial charge in [-0.25, -0.2) is 4.79 Å². The fourth-order valence-corrected chi connectivity index (χ4v) is 3.73. The maximum absolute atomic E-state index is 10.9. The van der Waals surface area contributed by atoms with E-state index in [2.05, 4.69) is 4.90 Å². The second-order valence-corrected chi connectivity index (χ2v) is 6.43. The number of carboxylic acid groups (broad SMARTS) is 1. The van der Waals surface area contributed by atoms with E-state index >= 15 is 0 Å². The second-order valence-electron chi connectivity index (χ2n) is 6.43. The predicted octanol–water partition coefficient (Wildman–Crippen LogP) is 3.56. The third-order valence-electron chi connectivity index (χ3n) is 4.92. The highest BCUT2D eigenvalue weighted by Gasteiger charge is 2.32. The monoisotopic (exact) mass is 303 g/mol. The van der Waals surface area contributed by atoms with E-state index in [1.54, 1.807) is 24.3 Å². The van der Waals surface area contributed by atoms with Crippen molar-refractivity contribution < 1.29 is 14.6 Å². The van der Waals surface area contributed by atoms with E-state index in [1.807, 2.05) is 0 Å². The quantitative estimate of drug-likeness (QED) is 0.924. The average Bonchev–Trinajstić information content (AvgIpc) is 2.57. The highest BCUT2D eigenvalue weighted by molar-refractivity contribution is 5.87. The largest absolute Gasteiger partial charge is 0.489 e. The molecule has 0 aromatic heterocycles. The Labute approximate surface area is 132 Å². The predicted molar refractivity (Wildman–Crippen MR) is 85.5 cm³/mol. The maximum Gasteiger partial charge on any atom is 0.335 e. The van der Waals surface area contributed by atoms with Crippen LogP contribution in [0.5, 0.6) is 5.75 Å². The third-order valence-corrected chi connectivity index (χ3v) is 4.92. The summed E-state index contributed by atoms with van der Waals surface area (Å²) in [5.74, 6) is -0.102. The molecule has 22 heavy (non-hydrogen) atoms. The zero-order valence-electron chi connectivity index (χ0n) is 13.0.